The van der Waals surface area contributed by atoms with Crippen LogP contribution in [0.15, 0.2) is 93.5 Å². The van der Waals surface area contributed by atoms with E-state index in [1.54, 1.807) is 37.3 Å². The molecule has 0 aliphatic heterocycles. The third kappa shape index (κ3) is 4.01. The van der Waals surface area contributed by atoms with E-state index < -0.39 is 25.9 Å². The lowest BCUT2D eigenvalue weighted by atomic mass is 10.2. The fourth-order valence-electron chi connectivity index (χ4n) is 2.71. The zero-order valence-corrected chi connectivity index (χ0v) is 17.0. The number of urea groups is 1. The Hall–Kier alpha value is -3.17. The average Bonchev–Trinajstić information content (AvgIpc) is 2.69. The highest BCUT2D eigenvalue weighted by Crippen LogP contribution is 2.28. The van der Waals surface area contributed by atoms with E-state index in [1.807, 2.05) is 0 Å². The van der Waals surface area contributed by atoms with E-state index >= 15 is 0 Å². The van der Waals surface area contributed by atoms with Gasteiger partial charge < -0.3 is 5.73 Å². The number of amides is 2. The van der Waals surface area contributed by atoms with Crippen LogP contribution >= 0.6 is 0 Å². The lowest BCUT2D eigenvalue weighted by molar-refractivity contribution is 0.257. The van der Waals surface area contributed by atoms with Gasteiger partial charge in [0.15, 0.2) is 0 Å². The summed E-state index contributed by atoms with van der Waals surface area (Å²) in [4.78, 5) is 11.8. The molecule has 2 amide bonds. The van der Waals surface area contributed by atoms with Crippen molar-refractivity contribution in [3.8, 4) is 0 Å². The van der Waals surface area contributed by atoms with Gasteiger partial charge in [0.25, 0.3) is 10.0 Å². The number of nitrogens with two attached hydrogens (primary N) is 1. The molecule has 0 aliphatic carbocycles. The summed E-state index contributed by atoms with van der Waals surface area (Å²) in [6, 6.07) is 17.4. The quantitative estimate of drug-likeness (QED) is 0.668. The molecule has 0 saturated carbocycles. The minimum atomic E-state index is -4.33. The number of primary amides is 1. The summed E-state index contributed by atoms with van der Waals surface area (Å²) >= 11 is 0. The molecule has 0 fully saturated rings. The Morgan fingerprint density at radius 3 is 1.93 bits per heavy atom. The van der Waals surface area contributed by atoms with Crippen LogP contribution in [0, 0.1) is 6.92 Å². The molecule has 0 saturated heterocycles. The van der Waals surface area contributed by atoms with Gasteiger partial charge in [0.05, 0.1) is 20.4 Å². The van der Waals surface area contributed by atoms with Crippen LogP contribution < -0.4 is 10.0 Å². The van der Waals surface area contributed by atoms with Crippen LogP contribution in [-0.4, -0.2) is 22.9 Å². The fraction of sp³-hybridized carbons (Fsp3) is 0.0500. The molecule has 0 radical (unpaired) electrons. The zero-order valence-electron chi connectivity index (χ0n) is 15.4. The summed E-state index contributed by atoms with van der Waals surface area (Å²) in [5, 5.41) is 0. The molecule has 0 unspecified atom stereocenters. The predicted octanol–water partition coefficient (Wildman–Crippen LogP) is 3.10. The van der Waals surface area contributed by atoms with Crippen molar-refractivity contribution < 1.29 is 21.6 Å². The lowest BCUT2D eigenvalue weighted by Crippen LogP contribution is -2.40. The molecule has 0 bridgehead atoms. The lowest BCUT2D eigenvalue weighted by Gasteiger charge is -2.21. The van der Waals surface area contributed by atoms with Crippen molar-refractivity contribution in [3.63, 3.8) is 0 Å². The fourth-order valence-corrected chi connectivity index (χ4v) is 5.35. The second kappa shape index (κ2) is 7.69. The van der Waals surface area contributed by atoms with E-state index in [-0.39, 0.29) is 20.4 Å². The number of rotatable bonds is 5. The number of carbonyl (C=O) groups is 1. The van der Waals surface area contributed by atoms with Crippen molar-refractivity contribution in [2.24, 2.45) is 5.73 Å². The number of anilines is 1. The van der Waals surface area contributed by atoms with E-state index in [2.05, 4.69) is 0 Å². The molecule has 7 nitrogen and oxygen atoms in total. The first-order valence-electron chi connectivity index (χ1n) is 8.46. The molecule has 29 heavy (non-hydrogen) atoms. The number of hydrogen-bond donors (Lipinski definition) is 1. The largest absolute Gasteiger partial charge is 0.350 e. The maximum atomic E-state index is 13.0. The Morgan fingerprint density at radius 2 is 1.34 bits per heavy atom. The summed E-state index contributed by atoms with van der Waals surface area (Å²) in [5.74, 6) is 0. The van der Waals surface area contributed by atoms with Crippen molar-refractivity contribution in [2.45, 2.75) is 21.6 Å². The standard InChI is InChI=1S/C20H18N2O5S2/c1-15-10-12-18(13-11-15)29(26,27)22(20(21)23)16-6-5-9-19(14-16)28(24,25)17-7-3-2-4-8-17/h2-14H,1H3,(H2,21,23). The van der Waals surface area contributed by atoms with Crippen molar-refractivity contribution >= 4 is 31.6 Å². The Kier molecular flexibility index (Phi) is 5.45. The second-order valence-electron chi connectivity index (χ2n) is 6.23. The Bertz CT molecular complexity index is 1250. The van der Waals surface area contributed by atoms with Gasteiger partial charge in [-0.25, -0.2) is 21.6 Å². The summed E-state index contributed by atoms with van der Waals surface area (Å²) in [6.07, 6.45) is 0. The Balaban J connectivity index is 2.12. The molecule has 0 aliphatic rings. The maximum absolute atomic E-state index is 13.0. The smallest absolute Gasteiger partial charge is 0.333 e. The normalized spacial score (nSPS) is 11.8. The number of hydrogen-bond acceptors (Lipinski definition) is 5. The van der Waals surface area contributed by atoms with Crippen LogP contribution in [0.25, 0.3) is 0 Å². The monoisotopic (exact) mass is 430 g/mol. The highest BCUT2D eigenvalue weighted by atomic mass is 32.2. The van der Waals surface area contributed by atoms with Gasteiger partial charge in [-0.2, -0.15) is 4.31 Å². The van der Waals surface area contributed by atoms with Crippen molar-refractivity contribution in [3.05, 3.63) is 84.4 Å². The van der Waals surface area contributed by atoms with E-state index in [1.165, 1.54) is 42.5 Å². The third-order valence-corrected chi connectivity index (χ3v) is 7.68. The Morgan fingerprint density at radius 1 is 0.759 bits per heavy atom. The van der Waals surface area contributed by atoms with Gasteiger partial charge in [0.1, 0.15) is 0 Å². The van der Waals surface area contributed by atoms with Crippen molar-refractivity contribution in [1.29, 1.82) is 0 Å². The molecule has 9 heteroatoms. The first kappa shape index (κ1) is 20.6. The average molecular weight is 431 g/mol. The van der Waals surface area contributed by atoms with E-state index in [0.29, 0.717) is 4.31 Å². The molecular weight excluding hydrogens is 412 g/mol. The molecule has 0 heterocycles. The first-order chi connectivity index (χ1) is 13.6. The molecule has 3 aromatic rings. The minimum Gasteiger partial charge on any atom is -0.350 e. The van der Waals surface area contributed by atoms with Crippen LogP contribution in [0.1, 0.15) is 5.56 Å². The molecule has 2 N–H and O–H groups in total. The molecule has 3 rings (SSSR count). The highest BCUT2D eigenvalue weighted by Gasteiger charge is 2.30. The van der Waals surface area contributed by atoms with Gasteiger partial charge in [-0.3, -0.25) is 0 Å². The zero-order chi connectivity index (χ0) is 21.2. The van der Waals surface area contributed by atoms with Crippen molar-refractivity contribution in [1.82, 2.24) is 0 Å². The summed E-state index contributed by atoms with van der Waals surface area (Å²) in [7, 11) is -8.24. The third-order valence-electron chi connectivity index (χ3n) is 4.18. The molecule has 3 aromatic carbocycles. The number of benzene rings is 3. The number of aryl methyl sites for hydroxylation is 1. The minimum absolute atomic E-state index is 0.0455. The topological polar surface area (TPSA) is 115 Å². The van der Waals surface area contributed by atoms with Gasteiger partial charge in [0, 0.05) is 0 Å². The van der Waals surface area contributed by atoms with Gasteiger partial charge in [-0.05, 0) is 49.4 Å². The van der Waals surface area contributed by atoms with Gasteiger partial charge in [0.2, 0.25) is 9.84 Å². The van der Waals surface area contributed by atoms with Crippen molar-refractivity contribution in [2.75, 3.05) is 4.31 Å². The summed E-state index contributed by atoms with van der Waals surface area (Å²) in [5.41, 5.74) is 6.02. The van der Waals surface area contributed by atoms with Crippen LogP contribution in [-0.2, 0) is 19.9 Å². The van der Waals surface area contributed by atoms with E-state index in [9.17, 15) is 21.6 Å². The van der Waals surface area contributed by atoms with Crippen LogP contribution in [0.3, 0.4) is 0 Å². The maximum Gasteiger partial charge on any atom is 0.333 e. The summed E-state index contributed by atoms with van der Waals surface area (Å²) < 4.78 is 52.1. The number of sulfone groups is 1. The Labute approximate surface area is 169 Å². The van der Waals surface area contributed by atoms with Gasteiger partial charge in [-0.15, -0.1) is 0 Å². The molecule has 0 aromatic heterocycles. The van der Waals surface area contributed by atoms with E-state index in [4.69, 9.17) is 5.73 Å². The molecule has 0 atom stereocenters. The van der Waals surface area contributed by atoms with Crippen LogP contribution in [0.5, 0.6) is 0 Å². The number of nitrogens with zero attached hydrogens (tertiary/aromatic N) is 1. The SMILES string of the molecule is Cc1ccc(S(=O)(=O)N(C(N)=O)c2cccc(S(=O)(=O)c3ccccc3)c2)cc1. The van der Waals surface area contributed by atoms with Crippen LogP contribution in [0.4, 0.5) is 10.5 Å². The predicted molar refractivity (Wildman–Crippen MR) is 109 cm³/mol. The second-order valence-corrected chi connectivity index (χ2v) is 9.97. The number of sulfonamides is 1. The van der Waals surface area contributed by atoms with Crippen LogP contribution in [0.2, 0.25) is 0 Å². The molecule has 0 spiro atoms. The highest BCUT2D eigenvalue weighted by molar-refractivity contribution is 7.93. The van der Waals surface area contributed by atoms with E-state index in [0.717, 1.165) is 11.6 Å². The summed E-state index contributed by atoms with van der Waals surface area (Å²) in [6.45, 7) is 1.79. The number of carbonyl (C=O) groups excluding carboxylic acids is 1. The van der Waals surface area contributed by atoms with Gasteiger partial charge in [-0.1, -0.05) is 42.0 Å². The molecular formula is C20H18N2O5S2. The first-order valence-corrected chi connectivity index (χ1v) is 11.4. The molecule has 150 valence electrons. The van der Waals surface area contributed by atoms with Gasteiger partial charge >= 0.3 is 6.03 Å².